The zero-order valence-corrected chi connectivity index (χ0v) is 8.68. The van der Waals surface area contributed by atoms with Gasteiger partial charge >= 0.3 is 0 Å². The van der Waals surface area contributed by atoms with Gasteiger partial charge in [0.25, 0.3) is 0 Å². The van der Waals surface area contributed by atoms with Gasteiger partial charge in [0.2, 0.25) is 5.91 Å². The minimum atomic E-state index is 0.246. The molecule has 1 rings (SSSR count). The number of nitrogens with zero attached hydrogens (tertiary/aromatic N) is 1. The highest BCUT2D eigenvalue weighted by Gasteiger charge is 2.22. The summed E-state index contributed by atoms with van der Waals surface area (Å²) in [6, 6.07) is 0.526. The highest BCUT2D eigenvalue weighted by molar-refractivity contribution is 5.79. The Morgan fingerprint density at radius 3 is 2.92 bits per heavy atom. The Morgan fingerprint density at radius 1 is 1.54 bits per heavy atom. The molecule has 0 spiro atoms. The summed E-state index contributed by atoms with van der Waals surface area (Å²) in [6.07, 6.45) is 3.68. The van der Waals surface area contributed by atoms with Crippen molar-refractivity contribution in [3.8, 4) is 0 Å². The van der Waals surface area contributed by atoms with Crippen LogP contribution in [0.5, 0.6) is 0 Å². The van der Waals surface area contributed by atoms with Crippen molar-refractivity contribution < 1.29 is 4.79 Å². The molecule has 1 unspecified atom stereocenters. The summed E-state index contributed by atoms with van der Waals surface area (Å²) < 4.78 is 0. The first-order valence-corrected chi connectivity index (χ1v) is 5.29. The Hall–Kier alpha value is -0.570. The minimum Gasteiger partial charge on any atom is -0.340 e. The zero-order chi connectivity index (χ0) is 9.68. The molecule has 0 radical (unpaired) electrons. The molecule has 0 bridgehead atoms. The van der Waals surface area contributed by atoms with Crippen LogP contribution in [0.1, 0.15) is 33.1 Å². The molecule has 3 nitrogen and oxygen atoms in total. The second kappa shape index (κ2) is 5.22. The maximum absolute atomic E-state index is 11.3. The average Bonchev–Trinajstić information content (AvgIpc) is 2.16. The van der Waals surface area contributed by atoms with Crippen LogP contribution in [-0.2, 0) is 4.79 Å². The number of piperazine rings is 1. The highest BCUT2D eigenvalue weighted by atomic mass is 16.2. The highest BCUT2D eigenvalue weighted by Crippen LogP contribution is 2.06. The molecule has 1 atom stereocenters. The predicted molar refractivity (Wildman–Crippen MR) is 53.6 cm³/mol. The Kier molecular flexibility index (Phi) is 4.22. The van der Waals surface area contributed by atoms with Crippen molar-refractivity contribution in [3.05, 3.63) is 0 Å². The maximum Gasteiger partial charge on any atom is 0.236 e. The van der Waals surface area contributed by atoms with Crippen LogP contribution >= 0.6 is 0 Å². The number of hydrogen-bond acceptors (Lipinski definition) is 2. The van der Waals surface area contributed by atoms with Crippen molar-refractivity contribution in [2.45, 2.75) is 39.2 Å². The van der Waals surface area contributed by atoms with Crippen LogP contribution in [0.3, 0.4) is 0 Å². The number of amides is 1. The molecular formula is C10H20N2O. The fourth-order valence-electron chi connectivity index (χ4n) is 1.73. The number of carbonyl (C=O) groups is 1. The summed E-state index contributed by atoms with van der Waals surface area (Å²) in [5, 5.41) is 3.28. The van der Waals surface area contributed by atoms with Crippen LogP contribution in [0, 0.1) is 0 Å². The molecule has 1 aliphatic rings. The second-order valence-corrected chi connectivity index (χ2v) is 3.65. The van der Waals surface area contributed by atoms with Crippen LogP contribution in [-0.4, -0.2) is 36.5 Å². The molecule has 0 aromatic carbocycles. The van der Waals surface area contributed by atoms with Crippen LogP contribution in [0.4, 0.5) is 0 Å². The van der Waals surface area contributed by atoms with Crippen LogP contribution in [0.15, 0.2) is 0 Å². The number of unbranched alkanes of at least 4 members (excludes halogenated alkanes) is 1. The monoisotopic (exact) mass is 184 g/mol. The van der Waals surface area contributed by atoms with Crippen molar-refractivity contribution in [1.29, 1.82) is 0 Å². The van der Waals surface area contributed by atoms with Gasteiger partial charge in [-0.25, -0.2) is 0 Å². The third-order valence-corrected chi connectivity index (χ3v) is 2.62. The number of carbonyl (C=O) groups excluding carboxylic acids is 1. The van der Waals surface area contributed by atoms with E-state index in [1.54, 1.807) is 0 Å². The fourth-order valence-corrected chi connectivity index (χ4v) is 1.73. The van der Waals surface area contributed by atoms with Gasteiger partial charge in [0, 0.05) is 19.1 Å². The van der Waals surface area contributed by atoms with Gasteiger partial charge in [0.15, 0.2) is 0 Å². The van der Waals surface area contributed by atoms with E-state index in [0.717, 1.165) is 13.1 Å². The van der Waals surface area contributed by atoms with Crippen molar-refractivity contribution >= 4 is 5.91 Å². The Bertz CT molecular complexity index is 170. The van der Waals surface area contributed by atoms with Crippen molar-refractivity contribution in [2.75, 3.05) is 19.6 Å². The lowest BCUT2D eigenvalue weighted by Crippen LogP contribution is -2.53. The van der Waals surface area contributed by atoms with Gasteiger partial charge in [-0.2, -0.15) is 0 Å². The van der Waals surface area contributed by atoms with Gasteiger partial charge in [-0.3, -0.25) is 4.79 Å². The molecule has 0 aromatic rings. The van der Waals surface area contributed by atoms with E-state index in [1.165, 1.54) is 19.3 Å². The van der Waals surface area contributed by atoms with Crippen LogP contribution in [0.25, 0.3) is 0 Å². The van der Waals surface area contributed by atoms with Crippen LogP contribution < -0.4 is 5.32 Å². The zero-order valence-electron chi connectivity index (χ0n) is 8.68. The molecular weight excluding hydrogens is 164 g/mol. The molecule has 13 heavy (non-hydrogen) atoms. The first-order valence-electron chi connectivity index (χ1n) is 5.29. The van der Waals surface area contributed by atoms with Crippen LogP contribution in [0.2, 0.25) is 0 Å². The van der Waals surface area contributed by atoms with E-state index in [9.17, 15) is 4.79 Å². The summed E-state index contributed by atoms with van der Waals surface area (Å²) in [5.74, 6) is 0.246. The number of likely N-dealkylation sites (N-methyl/N-ethyl adjacent to an activating group) is 1. The topological polar surface area (TPSA) is 32.3 Å². The van der Waals surface area contributed by atoms with Gasteiger partial charge in [-0.15, -0.1) is 0 Å². The Morgan fingerprint density at radius 2 is 2.31 bits per heavy atom. The van der Waals surface area contributed by atoms with E-state index in [1.807, 2.05) is 11.8 Å². The van der Waals surface area contributed by atoms with E-state index in [-0.39, 0.29) is 5.91 Å². The molecule has 1 aliphatic heterocycles. The van der Waals surface area contributed by atoms with Gasteiger partial charge in [-0.1, -0.05) is 19.8 Å². The van der Waals surface area contributed by atoms with Gasteiger partial charge < -0.3 is 10.2 Å². The van der Waals surface area contributed by atoms with Gasteiger partial charge in [0.05, 0.1) is 6.54 Å². The van der Waals surface area contributed by atoms with E-state index >= 15 is 0 Å². The first-order chi connectivity index (χ1) is 6.27. The number of nitrogens with one attached hydrogen (secondary N) is 1. The van der Waals surface area contributed by atoms with E-state index < -0.39 is 0 Å². The summed E-state index contributed by atoms with van der Waals surface area (Å²) in [6.45, 7) is 6.52. The molecule has 76 valence electrons. The summed E-state index contributed by atoms with van der Waals surface area (Å²) in [7, 11) is 0. The summed E-state index contributed by atoms with van der Waals surface area (Å²) in [5.41, 5.74) is 0. The number of hydrogen-bond donors (Lipinski definition) is 1. The van der Waals surface area contributed by atoms with E-state index in [4.69, 9.17) is 0 Å². The molecule has 3 heteroatoms. The lowest BCUT2D eigenvalue weighted by atomic mass is 10.1. The SMILES string of the molecule is CCCCC1CN(CC)C(=O)CN1. The van der Waals surface area contributed by atoms with Crippen molar-refractivity contribution in [2.24, 2.45) is 0 Å². The first kappa shape index (κ1) is 10.5. The third kappa shape index (κ3) is 2.99. The lowest BCUT2D eigenvalue weighted by molar-refractivity contribution is -0.132. The Balaban J connectivity index is 2.31. The van der Waals surface area contributed by atoms with E-state index in [0.29, 0.717) is 12.6 Å². The van der Waals surface area contributed by atoms with E-state index in [2.05, 4.69) is 12.2 Å². The summed E-state index contributed by atoms with van der Waals surface area (Å²) >= 11 is 0. The standard InChI is InChI=1S/C10H20N2O/c1-3-5-6-9-8-12(4-2)10(13)7-11-9/h9,11H,3-8H2,1-2H3. The quantitative estimate of drug-likeness (QED) is 0.707. The molecule has 1 fully saturated rings. The normalized spacial score (nSPS) is 23.7. The molecule has 1 heterocycles. The summed E-state index contributed by atoms with van der Waals surface area (Å²) in [4.78, 5) is 13.2. The largest absolute Gasteiger partial charge is 0.340 e. The molecule has 1 amide bonds. The third-order valence-electron chi connectivity index (χ3n) is 2.62. The molecule has 1 N–H and O–H groups in total. The maximum atomic E-state index is 11.3. The predicted octanol–water partition coefficient (Wildman–Crippen LogP) is 0.997. The average molecular weight is 184 g/mol. The fraction of sp³-hybridized carbons (Fsp3) is 0.900. The number of rotatable bonds is 4. The molecule has 0 saturated carbocycles. The molecule has 0 aromatic heterocycles. The lowest BCUT2D eigenvalue weighted by Gasteiger charge is -2.32. The Labute approximate surface area is 80.5 Å². The van der Waals surface area contributed by atoms with Crippen molar-refractivity contribution in [1.82, 2.24) is 10.2 Å². The molecule has 1 saturated heterocycles. The second-order valence-electron chi connectivity index (χ2n) is 3.65. The van der Waals surface area contributed by atoms with Gasteiger partial charge in [0.1, 0.15) is 0 Å². The minimum absolute atomic E-state index is 0.246. The smallest absolute Gasteiger partial charge is 0.236 e. The van der Waals surface area contributed by atoms with Gasteiger partial charge in [-0.05, 0) is 13.3 Å². The molecule has 0 aliphatic carbocycles. The van der Waals surface area contributed by atoms with Crippen molar-refractivity contribution in [3.63, 3.8) is 0 Å².